The van der Waals surface area contributed by atoms with Gasteiger partial charge in [0.1, 0.15) is 11.6 Å². The normalized spacial score (nSPS) is 13.5. The van der Waals surface area contributed by atoms with Crippen molar-refractivity contribution in [1.29, 1.82) is 0 Å². The van der Waals surface area contributed by atoms with E-state index in [4.69, 9.17) is 0 Å². The molecular weight excluding hydrogens is 407 g/mol. The van der Waals surface area contributed by atoms with E-state index in [1.165, 1.54) is 24.3 Å². The monoisotopic (exact) mass is 432 g/mol. The molecule has 1 aliphatic heterocycles. The molecule has 0 unspecified atom stereocenters. The molecule has 0 radical (unpaired) electrons. The average molecular weight is 432 g/mol. The van der Waals surface area contributed by atoms with E-state index in [9.17, 15) is 14.0 Å². The Hall–Kier alpha value is -3.74. The van der Waals surface area contributed by atoms with Crippen LogP contribution in [0.15, 0.2) is 66.9 Å². The lowest BCUT2D eigenvalue weighted by Crippen LogP contribution is -2.36. The predicted molar refractivity (Wildman–Crippen MR) is 122 cm³/mol. The second-order valence-corrected chi connectivity index (χ2v) is 7.77. The molecule has 0 aliphatic carbocycles. The molecule has 6 nitrogen and oxygen atoms in total. The van der Waals surface area contributed by atoms with Crippen LogP contribution in [-0.2, 0) is 6.54 Å². The number of aromatic nitrogens is 1. The van der Waals surface area contributed by atoms with E-state index in [0.717, 1.165) is 37.9 Å². The highest BCUT2D eigenvalue weighted by molar-refractivity contribution is 6.04. The van der Waals surface area contributed by atoms with Gasteiger partial charge in [-0.05, 0) is 73.4 Å². The number of carbonyl (C=O) groups is 2. The lowest BCUT2D eigenvalue weighted by atomic mass is 10.1. The molecule has 2 heterocycles. The molecule has 1 saturated heterocycles. The van der Waals surface area contributed by atoms with Crippen LogP contribution in [0.2, 0.25) is 0 Å². The molecule has 1 fully saturated rings. The quantitative estimate of drug-likeness (QED) is 0.592. The van der Waals surface area contributed by atoms with E-state index in [2.05, 4.69) is 15.6 Å². The number of anilines is 2. The molecular formula is C25H25FN4O2. The van der Waals surface area contributed by atoms with Gasteiger partial charge < -0.3 is 15.5 Å². The van der Waals surface area contributed by atoms with Gasteiger partial charge in [0.2, 0.25) is 0 Å². The maximum atomic E-state index is 13.1. The SMILES string of the molecule is O=C(Nc1cccc(CNc2ncccc2C(=O)N2CCCCC2)c1)c1ccc(F)cc1. The summed E-state index contributed by atoms with van der Waals surface area (Å²) >= 11 is 0. The summed E-state index contributed by atoms with van der Waals surface area (Å²) in [6.07, 6.45) is 4.89. The molecule has 0 spiro atoms. The van der Waals surface area contributed by atoms with Crippen molar-refractivity contribution in [1.82, 2.24) is 9.88 Å². The van der Waals surface area contributed by atoms with Gasteiger partial charge in [-0.15, -0.1) is 0 Å². The van der Waals surface area contributed by atoms with Gasteiger partial charge in [0, 0.05) is 37.1 Å². The molecule has 0 saturated carbocycles. The Kier molecular flexibility index (Phi) is 6.75. The maximum Gasteiger partial charge on any atom is 0.257 e. The average Bonchev–Trinajstić information content (AvgIpc) is 2.83. The van der Waals surface area contributed by atoms with Crippen molar-refractivity contribution < 1.29 is 14.0 Å². The number of hydrogen-bond acceptors (Lipinski definition) is 4. The van der Waals surface area contributed by atoms with Crippen molar-refractivity contribution in [3.05, 3.63) is 89.4 Å². The molecule has 1 aromatic heterocycles. The number of halogens is 1. The van der Waals surface area contributed by atoms with Crippen LogP contribution in [0.3, 0.4) is 0 Å². The number of rotatable bonds is 6. The molecule has 0 bridgehead atoms. The predicted octanol–water partition coefficient (Wildman–Crippen LogP) is 4.71. The van der Waals surface area contributed by atoms with Crippen LogP contribution in [0, 0.1) is 5.82 Å². The topological polar surface area (TPSA) is 74.3 Å². The van der Waals surface area contributed by atoms with Crippen LogP contribution in [0.1, 0.15) is 45.5 Å². The zero-order valence-corrected chi connectivity index (χ0v) is 17.7. The number of pyridine rings is 1. The summed E-state index contributed by atoms with van der Waals surface area (Å²) in [4.78, 5) is 31.6. The zero-order valence-electron chi connectivity index (χ0n) is 17.7. The van der Waals surface area contributed by atoms with E-state index in [-0.39, 0.29) is 17.6 Å². The van der Waals surface area contributed by atoms with Crippen molar-refractivity contribution in [2.45, 2.75) is 25.8 Å². The Morgan fingerprint density at radius 3 is 2.53 bits per heavy atom. The number of likely N-dealkylation sites (tertiary alicyclic amines) is 1. The smallest absolute Gasteiger partial charge is 0.257 e. The number of nitrogens with one attached hydrogen (secondary N) is 2. The highest BCUT2D eigenvalue weighted by Crippen LogP contribution is 2.20. The van der Waals surface area contributed by atoms with Crippen molar-refractivity contribution in [2.75, 3.05) is 23.7 Å². The van der Waals surface area contributed by atoms with Crippen molar-refractivity contribution >= 4 is 23.3 Å². The number of piperidine rings is 1. The third-order valence-corrected chi connectivity index (χ3v) is 5.43. The van der Waals surface area contributed by atoms with Crippen molar-refractivity contribution in [2.24, 2.45) is 0 Å². The Bertz CT molecular complexity index is 1100. The Morgan fingerprint density at radius 1 is 0.969 bits per heavy atom. The minimum absolute atomic E-state index is 0.000567. The van der Waals surface area contributed by atoms with Crippen molar-refractivity contribution in [3.63, 3.8) is 0 Å². The van der Waals surface area contributed by atoms with E-state index in [1.54, 1.807) is 24.4 Å². The number of nitrogens with zero attached hydrogens (tertiary/aromatic N) is 2. The lowest BCUT2D eigenvalue weighted by Gasteiger charge is -2.27. The summed E-state index contributed by atoms with van der Waals surface area (Å²) in [5.74, 6) is -0.152. The van der Waals surface area contributed by atoms with Crippen molar-refractivity contribution in [3.8, 4) is 0 Å². The minimum atomic E-state index is -0.387. The van der Waals surface area contributed by atoms with Crippen LogP contribution >= 0.6 is 0 Å². The number of hydrogen-bond donors (Lipinski definition) is 2. The maximum absolute atomic E-state index is 13.1. The molecule has 3 aromatic rings. The fourth-order valence-electron chi connectivity index (χ4n) is 3.74. The summed E-state index contributed by atoms with van der Waals surface area (Å²) in [5.41, 5.74) is 2.49. The van der Waals surface area contributed by atoms with Crippen LogP contribution in [0.5, 0.6) is 0 Å². The summed E-state index contributed by atoms with van der Waals surface area (Å²) in [6.45, 7) is 2.00. The highest BCUT2D eigenvalue weighted by Gasteiger charge is 2.21. The molecule has 0 atom stereocenters. The highest BCUT2D eigenvalue weighted by atomic mass is 19.1. The standard InChI is InChI=1S/C25H25FN4O2/c26-20-11-9-19(10-12-20)24(31)29-21-7-4-6-18(16-21)17-28-23-22(8-5-13-27-23)25(32)30-14-2-1-3-15-30/h4-13,16H,1-3,14-15,17H2,(H,27,28)(H,29,31). The van der Waals surface area contributed by atoms with Gasteiger partial charge in [0.25, 0.3) is 11.8 Å². The first-order chi connectivity index (χ1) is 15.6. The summed E-state index contributed by atoms with van der Waals surface area (Å²) in [5, 5.41) is 6.08. The lowest BCUT2D eigenvalue weighted by molar-refractivity contribution is 0.0724. The van der Waals surface area contributed by atoms with E-state index < -0.39 is 0 Å². The van der Waals surface area contributed by atoms with Gasteiger partial charge in [0.15, 0.2) is 0 Å². The number of benzene rings is 2. The molecule has 2 amide bonds. The Balaban J connectivity index is 1.42. The first-order valence-electron chi connectivity index (χ1n) is 10.7. The van der Waals surface area contributed by atoms with Gasteiger partial charge in [-0.25, -0.2) is 9.37 Å². The largest absolute Gasteiger partial charge is 0.365 e. The van der Waals surface area contributed by atoms with Gasteiger partial charge in [-0.3, -0.25) is 9.59 Å². The Labute approximate surface area is 186 Å². The molecule has 32 heavy (non-hydrogen) atoms. The molecule has 7 heteroatoms. The third kappa shape index (κ3) is 5.29. The van der Waals surface area contributed by atoms with Gasteiger partial charge >= 0.3 is 0 Å². The molecule has 2 aromatic carbocycles. The first-order valence-corrected chi connectivity index (χ1v) is 10.7. The van der Waals surface area contributed by atoms with Crippen LogP contribution in [-0.4, -0.2) is 34.8 Å². The van der Waals surface area contributed by atoms with Gasteiger partial charge in [-0.1, -0.05) is 12.1 Å². The minimum Gasteiger partial charge on any atom is -0.365 e. The first kappa shape index (κ1) is 21.5. The zero-order chi connectivity index (χ0) is 22.3. The second-order valence-electron chi connectivity index (χ2n) is 7.77. The fraction of sp³-hybridized carbons (Fsp3) is 0.240. The van der Waals surface area contributed by atoms with E-state index in [1.807, 2.05) is 23.1 Å². The molecule has 4 rings (SSSR count). The van der Waals surface area contributed by atoms with E-state index >= 15 is 0 Å². The van der Waals surface area contributed by atoms with Crippen LogP contribution < -0.4 is 10.6 Å². The molecule has 2 N–H and O–H groups in total. The summed E-state index contributed by atoms with van der Waals surface area (Å²) in [6, 6.07) is 16.4. The Morgan fingerprint density at radius 2 is 1.75 bits per heavy atom. The molecule has 164 valence electrons. The summed E-state index contributed by atoms with van der Waals surface area (Å²) in [7, 11) is 0. The van der Waals surface area contributed by atoms with E-state index in [0.29, 0.717) is 29.2 Å². The number of carbonyl (C=O) groups excluding carboxylic acids is 2. The third-order valence-electron chi connectivity index (χ3n) is 5.43. The second kappa shape index (κ2) is 10.0. The fourth-order valence-corrected chi connectivity index (χ4v) is 3.74. The van der Waals surface area contributed by atoms with Crippen LogP contribution in [0.25, 0.3) is 0 Å². The number of amides is 2. The van der Waals surface area contributed by atoms with Gasteiger partial charge in [0.05, 0.1) is 5.56 Å². The van der Waals surface area contributed by atoms with Gasteiger partial charge in [-0.2, -0.15) is 0 Å². The molecule has 1 aliphatic rings. The summed E-state index contributed by atoms with van der Waals surface area (Å²) < 4.78 is 13.1. The van der Waals surface area contributed by atoms with Crippen LogP contribution in [0.4, 0.5) is 15.9 Å².